The first kappa shape index (κ1) is 29.9. The third kappa shape index (κ3) is 9.90. The van der Waals surface area contributed by atoms with Crippen molar-refractivity contribution in [1.82, 2.24) is 0 Å². The molecule has 2 aromatic rings. The van der Waals surface area contributed by atoms with Crippen molar-refractivity contribution in [2.24, 2.45) is 0 Å². The Morgan fingerprint density at radius 3 is 2.46 bits per heavy atom. The molecule has 0 aliphatic heterocycles. The fourth-order valence-electron chi connectivity index (χ4n) is 4.40. The van der Waals surface area contributed by atoms with Crippen LogP contribution in [-0.4, -0.2) is 41.6 Å². The third-order valence-electron chi connectivity index (χ3n) is 5.99. The van der Waals surface area contributed by atoms with Gasteiger partial charge >= 0.3 is 29.6 Å². The Bertz CT molecular complexity index is 936. The number of carbonyl (C=O) groups excluding carboxylic acids is 1. The van der Waals surface area contributed by atoms with Crippen molar-refractivity contribution in [3.8, 4) is 11.5 Å². The Morgan fingerprint density at radius 1 is 1.11 bits per heavy atom. The molecule has 2 N–H and O–H groups in total. The van der Waals surface area contributed by atoms with E-state index in [1.807, 2.05) is 12.1 Å². The smallest absolute Gasteiger partial charge is 0.550 e. The molecule has 0 saturated heterocycles. The summed E-state index contributed by atoms with van der Waals surface area (Å²) in [5, 5.41) is 31.3. The van der Waals surface area contributed by atoms with Crippen molar-refractivity contribution in [2.75, 3.05) is 13.2 Å². The molecule has 6 nitrogen and oxygen atoms in total. The van der Waals surface area contributed by atoms with E-state index in [4.69, 9.17) is 21.1 Å². The largest absolute Gasteiger partial charge is 1.00 e. The average Bonchev–Trinajstić information content (AvgIpc) is 3.31. The van der Waals surface area contributed by atoms with Crippen LogP contribution in [0.3, 0.4) is 0 Å². The number of aliphatic carboxylic acids is 1. The van der Waals surface area contributed by atoms with Gasteiger partial charge in [-0.1, -0.05) is 24.4 Å². The zero-order chi connectivity index (χ0) is 24.5. The van der Waals surface area contributed by atoms with E-state index in [1.165, 1.54) is 12.1 Å². The van der Waals surface area contributed by atoms with E-state index in [0.29, 0.717) is 41.9 Å². The predicted octanol–water partition coefficient (Wildman–Crippen LogP) is 0.783. The van der Waals surface area contributed by atoms with Gasteiger partial charge in [0.05, 0.1) is 18.8 Å². The van der Waals surface area contributed by atoms with Crippen molar-refractivity contribution >= 4 is 17.6 Å². The second kappa shape index (κ2) is 15.0. The van der Waals surface area contributed by atoms with Crippen molar-refractivity contribution in [3.63, 3.8) is 0 Å². The number of carboxylic acids is 1. The normalized spacial score (nSPS) is 15.3. The summed E-state index contributed by atoms with van der Waals surface area (Å²) in [5.74, 6) is -0.0852. The molecular formula is C26H31ClFNaO6. The third-order valence-corrected chi connectivity index (χ3v) is 6.21. The van der Waals surface area contributed by atoms with Gasteiger partial charge in [0.15, 0.2) is 0 Å². The molecule has 0 spiro atoms. The number of halogens is 2. The van der Waals surface area contributed by atoms with Gasteiger partial charge in [-0.25, -0.2) is 4.39 Å². The Kier molecular flexibility index (Phi) is 12.8. The van der Waals surface area contributed by atoms with Crippen LogP contribution < -0.4 is 44.1 Å². The van der Waals surface area contributed by atoms with Crippen LogP contribution in [-0.2, 0) is 11.2 Å². The van der Waals surface area contributed by atoms with Gasteiger partial charge in [0.1, 0.15) is 23.9 Å². The van der Waals surface area contributed by atoms with E-state index in [9.17, 15) is 24.5 Å². The molecule has 186 valence electrons. The number of aliphatic hydroxyl groups excluding tert-OH is 2. The average molecular weight is 517 g/mol. The summed E-state index contributed by atoms with van der Waals surface area (Å²) in [7, 11) is 0. The molecule has 1 aliphatic rings. The second-order valence-corrected chi connectivity index (χ2v) is 9.24. The van der Waals surface area contributed by atoms with Gasteiger partial charge in [-0.3, -0.25) is 0 Å². The molecule has 1 fully saturated rings. The van der Waals surface area contributed by atoms with Gasteiger partial charge in [0.25, 0.3) is 0 Å². The molecule has 1 aliphatic carbocycles. The second-order valence-electron chi connectivity index (χ2n) is 8.80. The van der Waals surface area contributed by atoms with Crippen LogP contribution in [0.2, 0.25) is 5.02 Å². The number of carboxylic acid groups (broad SMARTS) is 1. The summed E-state index contributed by atoms with van der Waals surface area (Å²) in [6.45, 7) is 0.346. The minimum absolute atomic E-state index is 0. The van der Waals surface area contributed by atoms with Crippen LogP contribution in [0.25, 0.3) is 0 Å². The van der Waals surface area contributed by atoms with E-state index in [1.54, 1.807) is 12.1 Å². The number of aliphatic hydroxyl groups is 2. The zero-order valence-corrected chi connectivity index (χ0v) is 22.8. The number of aryl methyl sites for hydroxylation is 1. The Hall–Kier alpha value is -1.35. The van der Waals surface area contributed by atoms with Crippen LogP contribution in [0.4, 0.5) is 4.39 Å². The van der Waals surface area contributed by atoms with Gasteiger partial charge < -0.3 is 29.6 Å². The first-order valence-corrected chi connectivity index (χ1v) is 12.1. The van der Waals surface area contributed by atoms with Gasteiger partial charge in [0, 0.05) is 23.8 Å². The van der Waals surface area contributed by atoms with E-state index in [0.717, 1.165) is 36.8 Å². The van der Waals surface area contributed by atoms with Gasteiger partial charge in [-0.2, -0.15) is 0 Å². The molecule has 1 saturated carbocycles. The Labute approximate surface area is 232 Å². The monoisotopic (exact) mass is 516 g/mol. The molecule has 0 radical (unpaired) electrons. The van der Waals surface area contributed by atoms with Crippen LogP contribution in [0.15, 0.2) is 36.4 Å². The predicted molar refractivity (Wildman–Crippen MR) is 125 cm³/mol. The maximum atomic E-state index is 13.1. The molecule has 0 bridgehead atoms. The summed E-state index contributed by atoms with van der Waals surface area (Å²) in [4.78, 5) is 10.6. The quantitative estimate of drug-likeness (QED) is 0.302. The summed E-state index contributed by atoms with van der Waals surface area (Å²) in [5.41, 5.74) is 1.92. The molecule has 9 heteroatoms. The molecule has 0 amide bonds. The minimum Gasteiger partial charge on any atom is -0.550 e. The Balaban J connectivity index is 0.00000432. The molecule has 0 aromatic heterocycles. The molecule has 1 unspecified atom stereocenters. The van der Waals surface area contributed by atoms with Gasteiger partial charge in [-0.15, -0.1) is 0 Å². The van der Waals surface area contributed by atoms with E-state index in [2.05, 4.69) is 0 Å². The van der Waals surface area contributed by atoms with E-state index in [-0.39, 0.29) is 48.4 Å². The number of carbonyl (C=O) groups is 1. The summed E-state index contributed by atoms with van der Waals surface area (Å²) in [6.07, 6.45) is 2.75. The van der Waals surface area contributed by atoms with Crippen molar-refractivity contribution in [1.29, 1.82) is 0 Å². The molecule has 2 atom stereocenters. The maximum absolute atomic E-state index is 13.1. The topological polar surface area (TPSA) is 99.1 Å². The van der Waals surface area contributed by atoms with Crippen molar-refractivity contribution < 1.29 is 63.5 Å². The maximum Gasteiger partial charge on any atom is 1.00 e. The first-order chi connectivity index (χ1) is 16.3. The van der Waals surface area contributed by atoms with Gasteiger partial charge in [0.2, 0.25) is 0 Å². The fraction of sp³-hybridized carbons (Fsp3) is 0.500. The summed E-state index contributed by atoms with van der Waals surface area (Å²) < 4.78 is 24.8. The number of benzene rings is 2. The standard InChI is InChI=1S/C26H32ClFO6.Na/c27-19-12-18(6-3-11-33-23-9-7-20(28)8-10-23)26(24(13-19)17-4-1-2-5-17)34-16-22(30)14-21(29)15-25(31)32;/h7-10,12-13,17,21-22,29-30H,1-6,11,14-16H2,(H,31,32);/q;+1/p-1/t21-,22?;/m1./s1. The van der Waals surface area contributed by atoms with Crippen LogP contribution in [0, 0.1) is 5.82 Å². The number of ether oxygens (including phenoxy) is 2. The fourth-order valence-corrected chi connectivity index (χ4v) is 4.65. The van der Waals surface area contributed by atoms with Crippen LogP contribution in [0.5, 0.6) is 11.5 Å². The minimum atomic E-state index is -1.37. The van der Waals surface area contributed by atoms with E-state index < -0.39 is 24.6 Å². The SMILES string of the molecule is O=C([O-])C[C@H](O)CC(O)COc1c(CCCOc2ccc(F)cc2)cc(Cl)cc1C1CCCC1.[Na+]. The summed E-state index contributed by atoms with van der Waals surface area (Å²) in [6, 6.07) is 9.63. The van der Waals surface area contributed by atoms with Crippen molar-refractivity contribution in [3.05, 3.63) is 58.4 Å². The van der Waals surface area contributed by atoms with Crippen molar-refractivity contribution in [2.45, 2.75) is 69.5 Å². The molecule has 3 rings (SSSR count). The molecule has 35 heavy (non-hydrogen) atoms. The number of rotatable bonds is 13. The number of hydrogen-bond acceptors (Lipinski definition) is 6. The van der Waals surface area contributed by atoms with Gasteiger partial charge in [-0.05, 0) is 79.1 Å². The number of hydrogen-bond donors (Lipinski definition) is 2. The first-order valence-electron chi connectivity index (χ1n) is 11.7. The molecule has 2 aromatic carbocycles. The van der Waals surface area contributed by atoms with Crippen LogP contribution >= 0.6 is 11.6 Å². The zero-order valence-electron chi connectivity index (χ0n) is 20.1. The van der Waals surface area contributed by atoms with Crippen LogP contribution in [0.1, 0.15) is 62.0 Å². The summed E-state index contributed by atoms with van der Waals surface area (Å²) >= 11 is 6.44. The van der Waals surface area contributed by atoms with E-state index >= 15 is 0 Å². The Morgan fingerprint density at radius 2 is 1.80 bits per heavy atom. The molecular weight excluding hydrogens is 486 g/mol. The molecule has 0 heterocycles.